The highest BCUT2D eigenvalue weighted by atomic mass is 16.5. The lowest BCUT2D eigenvalue weighted by Crippen LogP contribution is -2.00. The molecule has 1 radical (unpaired) electrons. The third-order valence-electron chi connectivity index (χ3n) is 1.28. The van der Waals surface area contributed by atoms with Gasteiger partial charge in [-0.3, -0.25) is 0 Å². The second kappa shape index (κ2) is 3.05. The highest BCUT2D eigenvalue weighted by Gasteiger charge is 2.03. The number of benzene rings is 1. The molecule has 0 atom stereocenters. The molecule has 11 heavy (non-hydrogen) atoms. The van der Waals surface area contributed by atoms with Gasteiger partial charge in [0.2, 0.25) is 0 Å². The van der Waals surface area contributed by atoms with E-state index >= 15 is 0 Å². The fraction of sp³-hybridized carbons (Fsp3) is 0.125. The van der Waals surface area contributed by atoms with Crippen LogP contribution in [0, 0.1) is 0 Å². The molecule has 1 N–H and O–H groups in total. The summed E-state index contributed by atoms with van der Waals surface area (Å²) in [6.07, 6.45) is 0. The molecule has 1 rings (SSSR count). The van der Waals surface area contributed by atoms with E-state index in [1.807, 2.05) is 0 Å². The Kier molecular flexibility index (Phi) is 2.11. The van der Waals surface area contributed by atoms with Crippen molar-refractivity contribution in [3.8, 4) is 0 Å². The smallest absolute Gasteiger partial charge is 0.337 e. The van der Waals surface area contributed by atoms with Crippen molar-refractivity contribution in [3.05, 3.63) is 29.8 Å². The molecule has 3 nitrogen and oxygen atoms in total. The predicted molar refractivity (Wildman–Crippen MR) is 40.5 cm³/mol. The Morgan fingerprint density at radius 3 is 2.82 bits per heavy atom. The molecule has 0 bridgehead atoms. The fourth-order valence-electron chi connectivity index (χ4n) is 0.764. The van der Waals surface area contributed by atoms with Crippen molar-refractivity contribution in [1.82, 2.24) is 5.73 Å². The number of nitrogens with one attached hydrogen (secondary N) is 1. The van der Waals surface area contributed by atoms with Gasteiger partial charge in [0.05, 0.1) is 18.4 Å². The maximum Gasteiger partial charge on any atom is 0.337 e. The number of ether oxygens (including phenoxy) is 1. The number of carbonyl (C=O) groups is 1. The summed E-state index contributed by atoms with van der Waals surface area (Å²) in [6.45, 7) is 0. The van der Waals surface area contributed by atoms with E-state index in [1.54, 1.807) is 18.2 Å². The van der Waals surface area contributed by atoms with Crippen LogP contribution in [-0.4, -0.2) is 13.1 Å². The van der Waals surface area contributed by atoms with Crippen LogP contribution in [0.1, 0.15) is 10.4 Å². The van der Waals surface area contributed by atoms with Crippen LogP contribution < -0.4 is 5.73 Å². The fourth-order valence-corrected chi connectivity index (χ4v) is 0.764. The molecule has 57 valence electrons. The Morgan fingerprint density at radius 2 is 2.27 bits per heavy atom. The minimum absolute atomic E-state index is 0.313. The van der Waals surface area contributed by atoms with Crippen molar-refractivity contribution >= 4 is 11.7 Å². The zero-order valence-corrected chi connectivity index (χ0v) is 6.13. The molecular weight excluding hydrogens is 142 g/mol. The highest BCUT2D eigenvalue weighted by molar-refractivity contribution is 5.90. The van der Waals surface area contributed by atoms with Gasteiger partial charge < -0.3 is 10.5 Å². The first-order valence-electron chi connectivity index (χ1n) is 3.14. The van der Waals surface area contributed by atoms with Crippen LogP contribution in [0.25, 0.3) is 0 Å². The van der Waals surface area contributed by atoms with E-state index in [9.17, 15) is 4.79 Å². The van der Waals surface area contributed by atoms with Crippen molar-refractivity contribution < 1.29 is 9.53 Å². The Hall–Kier alpha value is -1.51. The van der Waals surface area contributed by atoms with Crippen LogP contribution in [0.3, 0.4) is 0 Å². The monoisotopic (exact) mass is 150 g/mol. The molecule has 0 aliphatic rings. The first kappa shape index (κ1) is 7.60. The maximum atomic E-state index is 10.9. The van der Waals surface area contributed by atoms with Gasteiger partial charge in [0.25, 0.3) is 0 Å². The Morgan fingerprint density at radius 1 is 1.55 bits per heavy atom. The molecule has 1 aromatic rings. The second-order valence-corrected chi connectivity index (χ2v) is 2.07. The number of hydrogen-bond acceptors (Lipinski definition) is 2. The zero-order chi connectivity index (χ0) is 8.27. The highest BCUT2D eigenvalue weighted by Crippen LogP contribution is 2.08. The van der Waals surface area contributed by atoms with E-state index in [-0.39, 0.29) is 0 Å². The summed E-state index contributed by atoms with van der Waals surface area (Å²) in [5.41, 5.74) is 7.93. The Balaban J connectivity index is 2.96. The van der Waals surface area contributed by atoms with Crippen molar-refractivity contribution in [2.45, 2.75) is 0 Å². The standard InChI is InChI=1S/C8H8NO2/c1-11-8(10)6-3-2-4-7(9)5-6/h2-5,9H,1H3. The molecule has 0 saturated heterocycles. The topological polar surface area (TPSA) is 50.1 Å². The summed E-state index contributed by atoms with van der Waals surface area (Å²) in [5, 5.41) is 0. The molecule has 0 unspecified atom stereocenters. The summed E-state index contributed by atoms with van der Waals surface area (Å²) in [4.78, 5) is 10.9. The Labute approximate surface area is 64.8 Å². The van der Waals surface area contributed by atoms with Gasteiger partial charge in [-0.1, -0.05) is 6.07 Å². The van der Waals surface area contributed by atoms with E-state index in [1.165, 1.54) is 13.2 Å². The number of methoxy groups -OCH3 is 1. The molecule has 3 heteroatoms. The lowest BCUT2D eigenvalue weighted by Gasteiger charge is -1.97. The molecule has 0 aromatic heterocycles. The van der Waals surface area contributed by atoms with Crippen molar-refractivity contribution in [3.63, 3.8) is 0 Å². The third-order valence-corrected chi connectivity index (χ3v) is 1.28. The molecule has 0 saturated carbocycles. The molecule has 0 fully saturated rings. The summed E-state index contributed by atoms with van der Waals surface area (Å²) < 4.78 is 4.47. The molecule has 1 aromatic carbocycles. The van der Waals surface area contributed by atoms with Gasteiger partial charge in [-0.15, -0.1) is 0 Å². The first-order chi connectivity index (χ1) is 5.24. The lowest BCUT2D eigenvalue weighted by atomic mass is 10.2. The number of carbonyl (C=O) groups excluding carboxylic acids is 1. The number of rotatable bonds is 1. The van der Waals surface area contributed by atoms with Gasteiger partial charge in [0.1, 0.15) is 0 Å². The van der Waals surface area contributed by atoms with E-state index < -0.39 is 5.97 Å². The van der Waals surface area contributed by atoms with Crippen LogP contribution in [0.15, 0.2) is 24.3 Å². The van der Waals surface area contributed by atoms with Gasteiger partial charge in [0, 0.05) is 0 Å². The molecule has 0 amide bonds. The van der Waals surface area contributed by atoms with Crippen molar-refractivity contribution in [1.29, 1.82) is 0 Å². The van der Waals surface area contributed by atoms with Gasteiger partial charge in [-0.25, -0.2) is 4.79 Å². The second-order valence-electron chi connectivity index (χ2n) is 2.07. The van der Waals surface area contributed by atoms with E-state index in [0.29, 0.717) is 11.3 Å². The zero-order valence-electron chi connectivity index (χ0n) is 6.13. The minimum atomic E-state index is -0.404. The minimum Gasteiger partial charge on any atom is -0.465 e. The quantitative estimate of drug-likeness (QED) is 0.568. The third kappa shape index (κ3) is 1.70. The van der Waals surface area contributed by atoms with Crippen LogP contribution in [0.4, 0.5) is 5.69 Å². The van der Waals surface area contributed by atoms with Crippen LogP contribution in [0.2, 0.25) is 0 Å². The summed E-state index contributed by atoms with van der Waals surface area (Å²) in [5.74, 6) is -0.404. The predicted octanol–water partition coefficient (Wildman–Crippen LogP) is 1.39. The van der Waals surface area contributed by atoms with Gasteiger partial charge >= 0.3 is 5.97 Å². The summed E-state index contributed by atoms with van der Waals surface area (Å²) in [7, 11) is 1.32. The van der Waals surface area contributed by atoms with Gasteiger partial charge in [0.15, 0.2) is 0 Å². The number of esters is 1. The van der Waals surface area contributed by atoms with Crippen LogP contribution >= 0.6 is 0 Å². The normalized spacial score (nSPS) is 9.18. The maximum absolute atomic E-state index is 10.9. The lowest BCUT2D eigenvalue weighted by molar-refractivity contribution is 0.0601. The average Bonchev–Trinajstić information content (AvgIpc) is 2.03. The average molecular weight is 150 g/mol. The molecule has 0 spiro atoms. The Bertz CT molecular complexity index is 271. The van der Waals surface area contributed by atoms with E-state index in [0.717, 1.165) is 0 Å². The van der Waals surface area contributed by atoms with Gasteiger partial charge in [-0.05, 0) is 18.2 Å². The molecule has 0 heterocycles. The van der Waals surface area contributed by atoms with E-state index in [2.05, 4.69) is 4.74 Å². The van der Waals surface area contributed by atoms with Crippen molar-refractivity contribution in [2.24, 2.45) is 0 Å². The molecule has 0 aliphatic heterocycles. The van der Waals surface area contributed by atoms with E-state index in [4.69, 9.17) is 5.73 Å². The van der Waals surface area contributed by atoms with Gasteiger partial charge in [-0.2, -0.15) is 0 Å². The molecular formula is C8H8NO2. The van der Waals surface area contributed by atoms with Crippen LogP contribution in [0.5, 0.6) is 0 Å². The number of hydrogen-bond donors (Lipinski definition) is 0. The largest absolute Gasteiger partial charge is 0.465 e. The first-order valence-corrected chi connectivity index (χ1v) is 3.14. The molecule has 0 aliphatic carbocycles. The SMILES string of the molecule is COC(=O)c1cccc([NH])c1. The van der Waals surface area contributed by atoms with Crippen LogP contribution in [-0.2, 0) is 4.74 Å². The van der Waals surface area contributed by atoms with Crippen molar-refractivity contribution in [2.75, 3.05) is 7.11 Å². The summed E-state index contributed by atoms with van der Waals surface area (Å²) in [6, 6.07) is 6.33. The summed E-state index contributed by atoms with van der Waals surface area (Å²) >= 11 is 0.